The molecule has 30 heavy (non-hydrogen) atoms. The largest absolute Gasteiger partial charge is 0.452 e. The molecule has 2 heterocycles. The van der Waals surface area contributed by atoms with E-state index in [2.05, 4.69) is 117 Å². The van der Waals surface area contributed by atoms with E-state index in [0.29, 0.717) is 0 Å². The lowest BCUT2D eigenvalue weighted by molar-refractivity contribution is 1.02. The normalized spacial score (nSPS) is 12.3. The van der Waals surface area contributed by atoms with Crippen LogP contribution in [0.4, 0.5) is 0 Å². The second-order valence-electron chi connectivity index (χ2n) is 8.18. The zero-order valence-corrected chi connectivity index (χ0v) is 17.7. The maximum Gasteiger partial charge on any atom is 0.318 e. The lowest BCUT2D eigenvalue weighted by Crippen LogP contribution is -1.90. The number of rotatable bonds is 0. The summed E-state index contributed by atoms with van der Waals surface area (Å²) in [4.78, 5) is 0. The Morgan fingerprint density at radius 2 is 1.30 bits per heavy atom. The summed E-state index contributed by atoms with van der Waals surface area (Å²) in [5.41, 5.74) is 5.07. The fourth-order valence-corrected chi connectivity index (χ4v) is 5.75. The van der Waals surface area contributed by atoms with Gasteiger partial charge in [-0.05, 0) is 51.9 Å². The van der Waals surface area contributed by atoms with Gasteiger partial charge in [0.1, 0.15) is 0 Å². The van der Waals surface area contributed by atoms with Crippen molar-refractivity contribution in [3.05, 3.63) is 84.9 Å². The first kappa shape index (κ1) is 16.5. The lowest BCUT2D eigenvalue weighted by Gasteiger charge is -2.05. The zero-order chi connectivity index (χ0) is 20.0. The Hall–Kier alpha value is -3.25. The minimum atomic E-state index is 1.24. The number of fused-ring (bicyclic) bond motifs is 10. The molecule has 2 aromatic heterocycles. The van der Waals surface area contributed by atoms with Gasteiger partial charge in [-0.1, -0.05) is 54.6 Å². The van der Waals surface area contributed by atoms with Gasteiger partial charge in [0.25, 0.3) is 0 Å². The van der Waals surface area contributed by atoms with Crippen molar-refractivity contribution in [1.29, 1.82) is 0 Å². The third-order valence-electron chi connectivity index (χ3n) is 6.68. The van der Waals surface area contributed by atoms with E-state index in [-0.39, 0.29) is 0 Å². The molecule has 0 amide bonds. The van der Waals surface area contributed by atoms with E-state index in [1.54, 1.807) is 0 Å². The molecule has 138 valence electrons. The molecular weight excluding hydrogens is 379 g/mol. The van der Waals surface area contributed by atoms with Gasteiger partial charge in [-0.15, -0.1) is 0 Å². The summed E-state index contributed by atoms with van der Waals surface area (Å²) in [5.74, 6) is 0. The summed E-state index contributed by atoms with van der Waals surface area (Å²) in [6, 6.07) is 31.1. The molecule has 5 aromatic carbocycles. The van der Waals surface area contributed by atoms with Crippen LogP contribution in [0.1, 0.15) is 0 Å². The highest BCUT2D eigenvalue weighted by Gasteiger charge is 2.17. The quantitative estimate of drug-likeness (QED) is 0.200. The van der Waals surface area contributed by atoms with Crippen LogP contribution >= 0.6 is 0 Å². The number of benzene rings is 5. The van der Waals surface area contributed by atoms with Gasteiger partial charge >= 0.3 is 16.5 Å². The summed E-state index contributed by atoms with van der Waals surface area (Å²) in [6.07, 6.45) is 0. The van der Waals surface area contributed by atoms with E-state index in [9.17, 15) is 0 Å². The van der Waals surface area contributed by atoms with Crippen molar-refractivity contribution in [3.8, 4) is 0 Å². The van der Waals surface area contributed by atoms with Crippen LogP contribution in [0.25, 0.3) is 65.2 Å². The van der Waals surface area contributed by atoms with Crippen molar-refractivity contribution in [1.82, 2.24) is 8.12 Å². The van der Waals surface area contributed by atoms with Gasteiger partial charge in [-0.25, -0.2) is 0 Å². The van der Waals surface area contributed by atoms with Crippen LogP contribution in [0.2, 0.25) is 0 Å². The zero-order valence-electron chi connectivity index (χ0n) is 16.6. The van der Waals surface area contributed by atoms with Gasteiger partial charge in [-0.3, -0.25) is 0 Å². The molecule has 0 aliphatic rings. The van der Waals surface area contributed by atoms with Gasteiger partial charge in [-0.2, -0.15) is 0 Å². The van der Waals surface area contributed by atoms with Crippen molar-refractivity contribution in [3.63, 3.8) is 0 Å². The minimum Gasteiger partial charge on any atom is -0.452 e. The Balaban J connectivity index is 1.78. The monoisotopic (exact) mass is 396 g/mol. The first-order valence-corrected chi connectivity index (χ1v) is 10.7. The van der Waals surface area contributed by atoms with E-state index in [1.165, 1.54) is 65.2 Å². The molecule has 7 aromatic rings. The maximum atomic E-state index is 2.88. The van der Waals surface area contributed by atoms with Gasteiger partial charge < -0.3 is 8.12 Å². The van der Waals surface area contributed by atoms with Gasteiger partial charge in [0.2, 0.25) is 0 Å². The van der Waals surface area contributed by atoms with Crippen molar-refractivity contribution >= 4 is 81.7 Å². The van der Waals surface area contributed by atoms with Crippen LogP contribution in [0, 0.1) is 0 Å². The van der Waals surface area contributed by atoms with Crippen molar-refractivity contribution < 1.29 is 0 Å². The predicted molar refractivity (Wildman–Crippen MR) is 130 cm³/mol. The van der Waals surface area contributed by atoms with E-state index in [1.807, 2.05) is 0 Å². The molecule has 2 radical (unpaired) electrons. The predicted octanol–water partition coefficient (Wildman–Crippen LogP) is 6.68. The molecule has 0 fully saturated rings. The highest BCUT2D eigenvalue weighted by molar-refractivity contribution is 6.32. The average molecular weight is 396 g/mol. The number of aromatic nitrogens is 2. The van der Waals surface area contributed by atoms with Crippen LogP contribution in [0.15, 0.2) is 84.9 Å². The molecule has 0 N–H and O–H groups in total. The first-order valence-electron chi connectivity index (χ1n) is 10.2. The summed E-state index contributed by atoms with van der Waals surface area (Å²) < 4.78 is 4.60. The number of hydrogen-bond acceptors (Lipinski definition) is 0. The molecular formula is C27H17AlN2. The molecule has 0 saturated carbocycles. The standard InChI is InChI=1S/C27H17N2.Al/c1-29-24-13-10-18-14-16-6-2-3-7-17(16)15-21(18)25(24)20-11-12-23-26(27(20)29)19-8-4-5-9-22(19)28-23;/h2-15H,1H3;/q-1;+1. The van der Waals surface area contributed by atoms with E-state index in [4.69, 9.17) is 0 Å². The summed E-state index contributed by atoms with van der Waals surface area (Å²) >= 11 is 2.88. The van der Waals surface area contributed by atoms with Gasteiger partial charge in [0, 0.05) is 45.1 Å². The average Bonchev–Trinajstić information content (AvgIpc) is 3.24. The van der Waals surface area contributed by atoms with E-state index in [0.717, 1.165) is 0 Å². The van der Waals surface area contributed by atoms with E-state index < -0.39 is 0 Å². The third-order valence-corrected chi connectivity index (χ3v) is 7.23. The molecule has 0 aliphatic heterocycles. The smallest absolute Gasteiger partial charge is 0.318 e. The Labute approximate surface area is 181 Å². The molecule has 0 saturated heterocycles. The molecule has 3 heteroatoms. The molecule has 0 aliphatic carbocycles. The second-order valence-corrected chi connectivity index (χ2v) is 8.70. The number of nitrogens with zero attached hydrogens (tertiary/aromatic N) is 2. The van der Waals surface area contributed by atoms with Crippen molar-refractivity contribution in [2.75, 3.05) is 0 Å². The molecule has 7 rings (SSSR count). The van der Waals surface area contributed by atoms with Crippen LogP contribution in [-0.4, -0.2) is 24.6 Å². The van der Waals surface area contributed by atoms with Gasteiger partial charge in [0.15, 0.2) is 0 Å². The highest BCUT2D eigenvalue weighted by Crippen LogP contribution is 2.41. The number of para-hydroxylation sites is 1. The van der Waals surface area contributed by atoms with Gasteiger partial charge in [0.05, 0.1) is 5.52 Å². The van der Waals surface area contributed by atoms with E-state index >= 15 is 0 Å². The molecule has 2 nitrogen and oxygen atoms in total. The molecule has 0 unspecified atom stereocenters. The Morgan fingerprint density at radius 1 is 0.567 bits per heavy atom. The lowest BCUT2D eigenvalue weighted by atomic mass is 9.99. The summed E-state index contributed by atoms with van der Waals surface area (Å²) in [7, 11) is 2.20. The topological polar surface area (TPSA) is 9.86 Å². The summed E-state index contributed by atoms with van der Waals surface area (Å²) in [5, 5.41) is 10.5. The Bertz CT molecular complexity index is 1820. The Kier molecular flexibility index (Phi) is 3.13. The maximum absolute atomic E-state index is 2.88. The highest BCUT2D eigenvalue weighted by atomic mass is 27.1. The number of hydrogen-bond donors (Lipinski definition) is 0. The molecule has 0 atom stereocenters. The SMILES string of the molecule is Cn1c2ccc3cc4ccccc4cc3c2c2ccc3c(c4ccccc4[n]3[Al])c21. The van der Waals surface area contributed by atoms with Crippen LogP contribution in [0.3, 0.4) is 0 Å². The Morgan fingerprint density at radius 3 is 2.17 bits per heavy atom. The van der Waals surface area contributed by atoms with Crippen molar-refractivity contribution in [2.24, 2.45) is 7.05 Å². The van der Waals surface area contributed by atoms with Crippen molar-refractivity contribution in [2.45, 2.75) is 0 Å². The second kappa shape index (κ2) is 5.67. The first-order chi connectivity index (χ1) is 14.7. The fraction of sp³-hybridized carbons (Fsp3) is 0.0370. The molecule has 0 spiro atoms. The summed E-state index contributed by atoms with van der Waals surface area (Å²) in [6.45, 7) is 0. The number of aryl methyl sites for hydroxylation is 1. The minimum absolute atomic E-state index is 1.24. The third kappa shape index (κ3) is 1.94. The molecule has 0 bridgehead atoms. The van der Waals surface area contributed by atoms with Crippen LogP contribution in [0.5, 0.6) is 0 Å². The van der Waals surface area contributed by atoms with Crippen LogP contribution in [-0.2, 0) is 7.05 Å². The van der Waals surface area contributed by atoms with Crippen LogP contribution < -0.4 is 0 Å². The fourth-order valence-electron chi connectivity index (χ4n) is 5.31.